The summed E-state index contributed by atoms with van der Waals surface area (Å²) in [6.45, 7) is 5.13. The molecule has 21 heavy (non-hydrogen) atoms. The number of amides is 1. The molecule has 0 bridgehead atoms. The van der Waals surface area contributed by atoms with Gasteiger partial charge in [0, 0.05) is 12.1 Å². The van der Waals surface area contributed by atoms with Gasteiger partial charge in [-0.05, 0) is 30.5 Å². The van der Waals surface area contributed by atoms with Crippen molar-refractivity contribution < 1.29 is 4.79 Å². The molecular formula is C19H21NO. The van der Waals surface area contributed by atoms with E-state index < -0.39 is 0 Å². The monoisotopic (exact) mass is 279 g/mol. The first-order valence-corrected chi connectivity index (χ1v) is 7.66. The third-order valence-corrected chi connectivity index (χ3v) is 4.54. The molecule has 1 heterocycles. The molecule has 0 N–H and O–H groups in total. The van der Waals surface area contributed by atoms with Crippen molar-refractivity contribution in [2.45, 2.75) is 32.2 Å². The highest BCUT2D eigenvalue weighted by Crippen LogP contribution is 2.43. The Balaban J connectivity index is 2.15. The van der Waals surface area contributed by atoms with E-state index in [1.54, 1.807) is 0 Å². The highest BCUT2D eigenvalue weighted by Gasteiger charge is 2.46. The first kappa shape index (κ1) is 13.9. The number of hydrogen-bond acceptors (Lipinski definition) is 1. The topological polar surface area (TPSA) is 20.3 Å². The maximum atomic E-state index is 12.8. The van der Waals surface area contributed by atoms with Gasteiger partial charge in [0.2, 0.25) is 0 Å². The predicted octanol–water partition coefficient (Wildman–Crippen LogP) is 4.21. The average molecular weight is 279 g/mol. The standard InChI is InChI=1S/C19H21NO/c1-3-4-14-20-18(21)16-12-8-9-13-17(16)19(20,2)15-10-6-5-7-11-15/h5-13H,3-4,14H2,1-2H3. The summed E-state index contributed by atoms with van der Waals surface area (Å²) in [4.78, 5) is 14.9. The van der Waals surface area contributed by atoms with Crippen molar-refractivity contribution in [2.24, 2.45) is 0 Å². The number of carbonyl (C=O) groups excluding carboxylic acids is 1. The van der Waals surface area contributed by atoms with Crippen LogP contribution in [0.25, 0.3) is 0 Å². The van der Waals surface area contributed by atoms with Gasteiger partial charge < -0.3 is 4.90 Å². The van der Waals surface area contributed by atoms with Gasteiger partial charge in [0.15, 0.2) is 0 Å². The molecule has 0 spiro atoms. The zero-order valence-corrected chi connectivity index (χ0v) is 12.7. The maximum absolute atomic E-state index is 12.8. The van der Waals surface area contributed by atoms with E-state index in [-0.39, 0.29) is 11.4 Å². The van der Waals surface area contributed by atoms with Crippen LogP contribution in [0.1, 0.15) is 48.2 Å². The van der Waals surface area contributed by atoms with E-state index in [1.807, 2.05) is 41.3 Å². The number of carbonyl (C=O) groups is 1. The quantitative estimate of drug-likeness (QED) is 0.821. The molecule has 1 amide bonds. The second-order valence-corrected chi connectivity index (χ2v) is 5.79. The molecule has 2 nitrogen and oxygen atoms in total. The summed E-state index contributed by atoms with van der Waals surface area (Å²) in [6, 6.07) is 18.4. The number of fused-ring (bicyclic) bond motifs is 1. The van der Waals surface area contributed by atoms with Crippen LogP contribution in [-0.4, -0.2) is 17.4 Å². The van der Waals surface area contributed by atoms with Gasteiger partial charge >= 0.3 is 0 Å². The van der Waals surface area contributed by atoms with Gasteiger partial charge in [0.1, 0.15) is 0 Å². The van der Waals surface area contributed by atoms with Crippen LogP contribution in [-0.2, 0) is 5.54 Å². The molecule has 0 saturated carbocycles. The fourth-order valence-corrected chi connectivity index (χ4v) is 3.30. The number of hydrogen-bond donors (Lipinski definition) is 0. The van der Waals surface area contributed by atoms with Crippen LogP contribution < -0.4 is 0 Å². The van der Waals surface area contributed by atoms with E-state index in [0.717, 1.165) is 30.5 Å². The minimum Gasteiger partial charge on any atom is -0.325 e. The molecule has 0 aliphatic carbocycles. The lowest BCUT2D eigenvalue weighted by Gasteiger charge is -2.36. The van der Waals surface area contributed by atoms with Crippen LogP contribution in [0.5, 0.6) is 0 Å². The summed E-state index contributed by atoms with van der Waals surface area (Å²) < 4.78 is 0. The molecule has 2 aromatic carbocycles. The van der Waals surface area contributed by atoms with Gasteiger partial charge in [-0.3, -0.25) is 4.79 Å². The minimum atomic E-state index is -0.357. The SMILES string of the molecule is CCCCN1C(=O)c2ccccc2C1(C)c1ccccc1. The highest BCUT2D eigenvalue weighted by atomic mass is 16.2. The number of benzene rings is 2. The van der Waals surface area contributed by atoms with Crippen LogP contribution >= 0.6 is 0 Å². The number of rotatable bonds is 4. The average Bonchev–Trinajstić information content (AvgIpc) is 2.76. The van der Waals surface area contributed by atoms with Crippen LogP contribution in [0.15, 0.2) is 54.6 Å². The van der Waals surface area contributed by atoms with Crippen molar-refractivity contribution in [2.75, 3.05) is 6.54 Å². The van der Waals surface area contributed by atoms with Crippen molar-refractivity contribution in [3.63, 3.8) is 0 Å². The lowest BCUT2D eigenvalue weighted by molar-refractivity contribution is 0.0647. The summed E-state index contributed by atoms with van der Waals surface area (Å²) in [5, 5.41) is 0. The predicted molar refractivity (Wildman–Crippen MR) is 85.3 cm³/mol. The van der Waals surface area contributed by atoms with Gasteiger partial charge in [-0.2, -0.15) is 0 Å². The Bertz CT molecular complexity index is 650. The second-order valence-electron chi connectivity index (χ2n) is 5.79. The molecule has 2 aromatic rings. The molecule has 1 aliphatic rings. The molecule has 0 aromatic heterocycles. The Morgan fingerprint density at radius 2 is 1.67 bits per heavy atom. The summed E-state index contributed by atoms with van der Waals surface area (Å²) in [5.41, 5.74) is 2.79. The molecular weight excluding hydrogens is 258 g/mol. The van der Waals surface area contributed by atoms with Crippen molar-refractivity contribution in [3.05, 3.63) is 71.3 Å². The van der Waals surface area contributed by atoms with Crippen LogP contribution in [0.4, 0.5) is 0 Å². The van der Waals surface area contributed by atoms with Crippen molar-refractivity contribution in [1.29, 1.82) is 0 Å². The van der Waals surface area contributed by atoms with Crippen molar-refractivity contribution in [3.8, 4) is 0 Å². The van der Waals surface area contributed by atoms with Gasteiger partial charge in [-0.1, -0.05) is 61.9 Å². The molecule has 0 saturated heterocycles. The minimum absolute atomic E-state index is 0.158. The maximum Gasteiger partial charge on any atom is 0.255 e. The molecule has 1 unspecified atom stereocenters. The van der Waals surface area contributed by atoms with E-state index in [4.69, 9.17) is 0 Å². The molecule has 3 rings (SSSR count). The van der Waals surface area contributed by atoms with E-state index in [1.165, 1.54) is 5.56 Å². The first-order chi connectivity index (χ1) is 10.2. The van der Waals surface area contributed by atoms with Gasteiger partial charge in [0.25, 0.3) is 5.91 Å². The van der Waals surface area contributed by atoms with E-state index in [2.05, 4.69) is 32.0 Å². The van der Waals surface area contributed by atoms with E-state index in [0.29, 0.717) is 0 Å². The normalized spacial score (nSPS) is 20.7. The van der Waals surface area contributed by atoms with Crippen molar-refractivity contribution >= 4 is 5.91 Å². The summed E-state index contributed by atoms with van der Waals surface area (Å²) in [6.07, 6.45) is 2.12. The Morgan fingerprint density at radius 3 is 2.38 bits per heavy atom. The molecule has 0 radical (unpaired) electrons. The Morgan fingerprint density at radius 1 is 1.00 bits per heavy atom. The Labute approximate surface area is 126 Å². The summed E-state index contributed by atoms with van der Waals surface area (Å²) >= 11 is 0. The first-order valence-electron chi connectivity index (χ1n) is 7.66. The molecule has 1 aliphatic heterocycles. The fourth-order valence-electron chi connectivity index (χ4n) is 3.30. The lowest BCUT2D eigenvalue weighted by atomic mass is 9.84. The zero-order valence-electron chi connectivity index (χ0n) is 12.7. The van der Waals surface area contributed by atoms with E-state index >= 15 is 0 Å². The second kappa shape index (κ2) is 5.36. The van der Waals surface area contributed by atoms with Gasteiger partial charge in [0.05, 0.1) is 5.54 Å². The third-order valence-electron chi connectivity index (χ3n) is 4.54. The summed E-state index contributed by atoms with van der Waals surface area (Å²) in [7, 11) is 0. The van der Waals surface area contributed by atoms with Crippen LogP contribution in [0, 0.1) is 0 Å². The van der Waals surface area contributed by atoms with Gasteiger partial charge in [-0.15, -0.1) is 0 Å². The summed E-state index contributed by atoms with van der Waals surface area (Å²) in [5.74, 6) is 0.158. The molecule has 108 valence electrons. The van der Waals surface area contributed by atoms with Crippen LogP contribution in [0.3, 0.4) is 0 Å². The Kier molecular flexibility index (Phi) is 3.54. The number of nitrogens with zero attached hydrogens (tertiary/aromatic N) is 1. The smallest absolute Gasteiger partial charge is 0.255 e. The highest BCUT2D eigenvalue weighted by molar-refractivity contribution is 6.00. The number of unbranched alkanes of at least 4 members (excludes halogenated alkanes) is 1. The molecule has 0 fully saturated rings. The van der Waals surface area contributed by atoms with Crippen LogP contribution in [0.2, 0.25) is 0 Å². The molecule has 1 atom stereocenters. The lowest BCUT2D eigenvalue weighted by Crippen LogP contribution is -2.42. The Hall–Kier alpha value is -2.09. The third kappa shape index (κ3) is 2.06. The van der Waals surface area contributed by atoms with Crippen molar-refractivity contribution in [1.82, 2.24) is 4.90 Å². The van der Waals surface area contributed by atoms with Gasteiger partial charge in [-0.25, -0.2) is 0 Å². The zero-order chi connectivity index (χ0) is 14.9. The molecule has 2 heteroatoms. The largest absolute Gasteiger partial charge is 0.325 e. The van der Waals surface area contributed by atoms with E-state index in [9.17, 15) is 4.79 Å². The fraction of sp³-hybridized carbons (Fsp3) is 0.316.